The molecule has 0 fully saturated rings. The zero-order valence-electron chi connectivity index (χ0n) is 23.3. The average molecular weight is 683 g/mol. The molecule has 0 unspecified atom stereocenters. The maximum Gasteiger partial charge on any atom is 0.282 e. The van der Waals surface area contributed by atoms with Gasteiger partial charge in [0.15, 0.2) is 17.3 Å². The number of benzene rings is 3. The first-order valence-electron chi connectivity index (χ1n) is 13.0. The van der Waals surface area contributed by atoms with Crippen LogP contribution in [0.15, 0.2) is 77.9 Å². The first-order valence-corrected chi connectivity index (χ1v) is 14.6. The Bertz CT molecular complexity index is 1840. The van der Waals surface area contributed by atoms with Gasteiger partial charge in [0.25, 0.3) is 5.56 Å². The number of para-hydroxylation sites is 1. The Morgan fingerprint density at radius 2 is 1.78 bits per heavy atom. The van der Waals surface area contributed by atoms with Gasteiger partial charge in [0.05, 0.1) is 47.3 Å². The van der Waals surface area contributed by atoms with Crippen LogP contribution in [0, 0.1) is 5.41 Å². The maximum atomic E-state index is 13.7. The summed E-state index contributed by atoms with van der Waals surface area (Å²) < 4.78 is 26.3. The Morgan fingerprint density at radius 3 is 2.51 bits per heavy atom. The van der Waals surface area contributed by atoms with E-state index in [0.717, 1.165) is 5.39 Å². The van der Waals surface area contributed by atoms with E-state index in [2.05, 4.69) is 57.7 Å². The van der Waals surface area contributed by atoms with Crippen molar-refractivity contribution in [1.82, 2.24) is 9.66 Å². The van der Waals surface area contributed by atoms with E-state index in [1.54, 1.807) is 37.6 Å². The van der Waals surface area contributed by atoms with Crippen LogP contribution in [0.4, 0.5) is 0 Å². The average Bonchev–Trinajstić information content (AvgIpc) is 3.38. The Hall–Kier alpha value is -3.63. The van der Waals surface area contributed by atoms with Crippen molar-refractivity contribution >= 4 is 59.9 Å². The van der Waals surface area contributed by atoms with Gasteiger partial charge in [-0.1, -0.05) is 39.0 Å². The van der Waals surface area contributed by atoms with Crippen molar-refractivity contribution in [2.24, 2.45) is 10.5 Å². The summed E-state index contributed by atoms with van der Waals surface area (Å²) in [6, 6.07) is 16.3. The second kappa shape index (κ2) is 11.7. The summed E-state index contributed by atoms with van der Waals surface area (Å²) in [4.78, 5) is 18.5. The molecule has 0 saturated heterocycles. The fourth-order valence-electron chi connectivity index (χ4n) is 4.22. The quantitative estimate of drug-likeness (QED) is 0.154. The molecule has 0 aliphatic carbocycles. The first kappa shape index (κ1) is 28.9. The van der Waals surface area contributed by atoms with Gasteiger partial charge in [0, 0.05) is 10.0 Å². The van der Waals surface area contributed by atoms with Gasteiger partial charge in [0.1, 0.15) is 11.3 Å². The topological polar surface area (TPSA) is 88.1 Å². The van der Waals surface area contributed by atoms with Crippen molar-refractivity contribution in [3.63, 3.8) is 0 Å². The van der Waals surface area contributed by atoms with Crippen LogP contribution in [0.3, 0.4) is 0 Å². The molecule has 0 spiro atoms. The number of hydrogen-bond acceptors (Lipinski definition) is 7. The summed E-state index contributed by atoms with van der Waals surface area (Å²) in [6.45, 7) is 9.15. The second-order valence-electron chi connectivity index (χ2n) is 10.5. The van der Waals surface area contributed by atoms with E-state index in [4.69, 9.17) is 23.6 Å². The number of aromatic nitrogens is 2. The number of rotatable bonds is 8. The molecule has 0 N–H and O–H groups in total. The Balaban J connectivity index is 1.66. The van der Waals surface area contributed by atoms with Gasteiger partial charge in [-0.05, 0) is 80.6 Å². The standard InChI is InChI=1S/C31H29Br2N3O5/c1-6-39-24-14-18(26(32)27(33)28(24)40-17-31(2,3)4)16-34-36-29(35-21-11-8-7-10-19(21)30(36)37)25-15-20-22(38-5)12-9-13-23(20)41-25/h7-16H,6,17H2,1-5H3. The molecule has 8 nitrogen and oxygen atoms in total. The minimum atomic E-state index is -0.334. The number of methoxy groups -OCH3 is 1. The van der Waals surface area contributed by atoms with Crippen LogP contribution >= 0.6 is 31.9 Å². The van der Waals surface area contributed by atoms with Crippen molar-refractivity contribution in [3.8, 4) is 28.8 Å². The number of ether oxygens (including phenoxy) is 3. The lowest BCUT2D eigenvalue weighted by Gasteiger charge is -2.22. The predicted octanol–water partition coefficient (Wildman–Crippen LogP) is 8.05. The lowest BCUT2D eigenvalue weighted by molar-refractivity contribution is 0.187. The highest BCUT2D eigenvalue weighted by atomic mass is 79.9. The molecule has 5 rings (SSSR count). The van der Waals surface area contributed by atoms with Crippen LogP contribution < -0.4 is 19.8 Å². The third-order valence-electron chi connectivity index (χ3n) is 6.13. The van der Waals surface area contributed by atoms with Gasteiger partial charge in [-0.25, -0.2) is 4.98 Å². The Labute approximate surface area is 254 Å². The lowest BCUT2D eigenvalue weighted by atomic mass is 9.99. The van der Waals surface area contributed by atoms with Crippen LogP contribution in [0.5, 0.6) is 17.2 Å². The predicted molar refractivity (Wildman–Crippen MR) is 169 cm³/mol. The molecular weight excluding hydrogens is 654 g/mol. The molecule has 212 valence electrons. The fraction of sp³-hybridized carbons (Fsp3) is 0.258. The molecule has 3 aromatic carbocycles. The zero-order chi connectivity index (χ0) is 29.3. The largest absolute Gasteiger partial charge is 0.496 e. The molecule has 0 bridgehead atoms. The molecule has 10 heteroatoms. The molecule has 0 radical (unpaired) electrons. The number of hydrogen-bond donors (Lipinski definition) is 0. The van der Waals surface area contributed by atoms with Gasteiger partial charge >= 0.3 is 0 Å². The summed E-state index contributed by atoms with van der Waals surface area (Å²) in [5.41, 5.74) is 1.43. The number of fused-ring (bicyclic) bond motifs is 2. The molecule has 41 heavy (non-hydrogen) atoms. The van der Waals surface area contributed by atoms with Crippen LogP contribution in [-0.2, 0) is 0 Å². The number of furan rings is 1. The van der Waals surface area contributed by atoms with E-state index >= 15 is 0 Å². The molecule has 2 aromatic heterocycles. The van der Waals surface area contributed by atoms with E-state index < -0.39 is 0 Å². The highest BCUT2D eigenvalue weighted by molar-refractivity contribution is 9.13. The lowest BCUT2D eigenvalue weighted by Crippen LogP contribution is -2.20. The first-order chi connectivity index (χ1) is 19.6. The summed E-state index contributed by atoms with van der Waals surface area (Å²) in [7, 11) is 1.60. The minimum Gasteiger partial charge on any atom is -0.496 e. The van der Waals surface area contributed by atoms with Crippen molar-refractivity contribution in [2.75, 3.05) is 20.3 Å². The van der Waals surface area contributed by atoms with E-state index in [1.807, 2.05) is 37.3 Å². The maximum absolute atomic E-state index is 13.7. The zero-order valence-corrected chi connectivity index (χ0v) is 26.5. The van der Waals surface area contributed by atoms with E-state index in [9.17, 15) is 4.79 Å². The van der Waals surface area contributed by atoms with Gasteiger partial charge in [-0.3, -0.25) is 4.79 Å². The normalized spacial score (nSPS) is 12.0. The summed E-state index contributed by atoms with van der Waals surface area (Å²) in [5.74, 6) is 2.44. The van der Waals surface area contributed by atoms with Crippen LogP contribution in [-0.4, -0.2) is 36.2 Å². The smallest absolute Gasteiger partial charge is 0.282 e. The summed E-state index contributed by atoms with van der Waals surface area (Å²) >= 11 is 7.32. The monoisotopic (exact) mass is 681 g/mol. The van der Waals surface area contributed by atoms with Crippen LogP contribution in [0.25, 0.3) is 33.5 Å². The fourth-order valence-corrected chi connectivity index (χ4v) is 5.15. The Kier molecular flexibility index (Phi) is 8.24. The van der Waals surface area contributed by atoms with Crippen molar-refractivity contribution in [1.29, 1.82) is 0 Å². The molecule has 2 heterocycles. The van der Waals surface area contributed by atoms with Crippen molar-refractivity contribution < 1.29 is 18.6 Å². The van der Waals surface area contributed by atoms with Gasteiger partial charge in [-0.2, -0.15) is 9.78 Å². The van der Waals surface area contributed by atoms with Gasteiger partial charge in [-0.15, -0.1) is 0 Å². The van der Waals surface area contributed by atoms with Gasteiger partial charge in [0.2, 0.25) is 5.82 Å². The molecule has 0 amide bonds. The Morgan fingerprint density at radius 1 is 1.00 bits per heavy atom. The highest BCUT2D eigenvalue weighted by Gasteiger charge is 2.21. The summed E-state index contributed by atoms with van der Waals surface area (Å²) in [5, 5.41) is 5.81. The third kappa shape index (κ3) is 5.90. The molecule has 0 atom stereocenters. The molecule has 0 aliphatic heterocycles. The molecular formula is C31H29Br2N3O5. The highest BCUT2D eigenvalue weighted by Crippen LogP contribution is 2.43. The minimum absolute atomic E-state index is 0.0448. The third-order valence-corrected chi connectivity index (χ3v) is 8.28. The van der Waals surface area contributed by atoms with Gasteiger partial charge < -0.3 is 18.6 Å². The SMILES string of the molecule is CCOc1cc(C=Nn2c(-c3cc4c(OC)cccc4o3)nc3ccccc3c2=O)c(Br)c(Br)c1OCC(C)(C)C. The van der Waals surface area contributed by atoms with Crippen molar-refractivity contribution in [3.05, 3.63) is 79.5 Å². The summed E-state index contributed by atoms with van der Waals surface area (Å²) in [6.07, 6.45) is 1.58. The number of nitrogens with zero attached hydrogens (tertiary/aromatic N) is 3. The number of halogens is 2. The van der Waals surface area contributed by atoms with Crippen LogP contribution in [0.2, 0.25) is 0 Å². The van der Waals surface area contributed by atoms with Crippen molar-refractivity contribution in [2.45, 2.75) is 27.7 Å². The van der Waals surface area contributed by atoms with E-state index in [-0.39, 0.29) is 16.8 Å². The van der Waals surface area contributed by atoms with E-state index in [0.29, 0.717) is 67.2 Å². The molecule has 0 aliphatic rings. The molecule has 0 saturated carbocycles. The van der Waals surface area contributed by atoms with E-state index in [1.165, 1.54) is 4.68 Å². The molecule has 5 aromatic rings. The van der Waals surface area contributed by atoms with Crippen LogP contribution in [0.1, 0.15) is 33.3 Å². The second-order valence-corrected chi connectivity index (χ2v) is 12.1.